The van der Waals surface area contributed by atoms with Gasteiger partial charge in [0, 0.05) is 4.47 Å². The fourth-order valence-corrected chi connectivity index (χ4v) is 2.46. The van der Waals surface area contributed by atoms with Gasteiger partial charge in [-0.05, 0) is 73.7 Å². The molecule has 0 N–H and O–H groups in total. The third-order valence-corrected chi connectivity index (χ3v) is 4.64. The molecular weight excluding hydrogens is 305 g/mol. The van der Waals surface area contributed by atoms with Crippen LogP contribution in [0.5, 0.6) is 0 Å². The lowest BCUT2D eigenvalue weighted by atomic mass is 9.76. The molecule has 0 radical (unpaired) electrons. The monoisotopic (exact) mass is 321 g/mol. The Morgan fingerprint density at radius 3 is 2.16 bits per heavy atom. The Balaban J connectivity index is 2.41. The number of nitriles is 1. The van der Waals surface area contributed by atoms with Crippen LogP contribution in [0.1, 0.15) is 38.8 Å². The third-order valence-electron chi connectivity index (χ3n) is 3.98. The van der Waals surface area contributed by atoms with Crippen molar-refractivity contribution in [2.75, 3.05) is 0 Å². The van der Waals surface area contributed by atoms with E-state index < -0.39 is 7.12 Å². The first-order valence-electron chi connectivity index (χ1n) is 6.24. The molecule has 0 atom stereocenters. The van der Waals surface area contributed by atoms with Crippen molar-refractivity contribution in [3.05, 3.63) is 27.7 Å². The second-order valence-corrected chi connectivity index (χ2v) is 6.74. The second kappa shape index (κ2) is 4.62. The number of benzene rings is 1. The molecule has 1 aromatic rings. The summed E-state index contributed by atoms with van der Waals surface area (Å²) in [5, 5.41) is 9.02. The minimum Gasteiger partial charge on any atom is -0.399 e. The normalized spacial score (nSPS) is 20.4. The summed E-state index contributed by atoms with van der Waals surface area (Å²) in [5.41, 5.74) is 1.87. The average Bonchev–Trinajstić information content (AvgIpc) is 2.50. The van der Waals surface area contributed by atoms with Gasteiger partial charge in [-0.25, -0.2) is 0 Å². The highest BCUT2D eigenvalue weighted by Crippen LogP contribution is 2.37. The zero-order valence-corrected chi connectivity index (χ0v) is 13.5. The molecule has 1 heterocycles. The lowest BCUT2D eigenvalue weighted by molar-refractivity contribution is 0.00578. The van der Waals surface area contributed by atoms with Crippen molar-refractivity contribution in [2.24, 2.45) is 0 Å². The number of halogens is 1. The second-order valence-electron chi connectivity index (χ2n) is 5.89. The highest BCUT2D eigenvalue weighted by molar-refractivity contribution is 9.10. The Kier molecular flexibility index (Phi) is 3.55. The van der Waals surface area contributed by atoms with Crippen molar-refractivity contribution in [3.63, 3.8) is 0 Å². The van der Waals surface area contributed by atoms with Crippen LogP contribution in [0.15, 0.2) is 16.6 Å². The van der Waals surface area contributed by atoms with E-state index in [1.165, 1.54) is 0 Å². The van der Waals surface area contributed by atoms with Crippen LogP contribution in [-0.4, -0.2) is 18.3 Å². The molecule has 5 heteroatoms. The zero-order chi connectivity index (χ0) is 14.4. The molecule has 0 spiro atoms. The first-order chi connectivity index (χ1) is 8.68. The molecule has 3 nitrogen and oxygen atoms in total. The maximum absolute atomic E-state index is 9.02. The Labute approximate surface area is 123 Å². The Morgan fingerprint density at radius 2 is 1.68 bits per heavy atom. The highest BCUT2D eigenvalue weighted by Gasteiger charge is 2.52. The summed E-state index contributed by atoms with van der Waals surface area (Å²) >= 11 is 3.41. The first-order valence-corrected chi connectivity index (χ1v) is 7.03. The van der Waals surface area contributed by atoms with Gasteiger partial charge in [0.25, 0.3) is 0 Å². The third kappa shape index (κ3) is 2.45. The summed E-state index contributed by atoms with van der Waals surface area (Å²) in [5.74, 6) is 0. The van der Waals surface area contributed by atoms with Crippen LogP contribution in [0.4, 0.5) is 0 Å². The van der Waals surface area contributed by atoms with Gasteiger partial charge in [-0.2, -0.15) is 5.26 Å². The molecule has 0 aliphatic carbocycles. The molecule has 100 valence electrons. The van der Waals surface area contributed by atoms with Crippen molar-refractivity contribution in [1.29, 1.82) is 5.26 Å². The molecule has 1 fully saturated rings. The smallest absolute Gasteiger partial charge is 0.399 e. The molecule has 1 aromatic carbocycles. The predicted octanol–water partition coefficient (Wildman–Crippen LogP) is 2.93. The van der Waals surface area contributed by atoms with Gasteiger partial charge >= 0.3 is 7.12 Å². The van der Waals surface area contributed by atoms with Crippen LogP contribution in [-0.2, 0) is 9.31 Å². The van der Waals surface area contributed by atoms with Gasteiger partial charge in [0.1, 0.15) is 6.07 Å². The quantitative estimate of drug-likeness (QED) is 0.747. The SMILES string of the molecule is Cc1cc(C#N)c(Br)cc1B1OC(C)(C)C(C)(C)O1. The molecule has 0 saturated carbocycles. The number of aryl methyl sites for hydroxylation is 1. The molecule has 1 aliphatic heterocycles. The van der Waals surface area contributed by atoms with Crippen molar-refractivity contribution in [3.8, 4) is 6.07 Å². The summed E-state index contributed by atoms with van der Waals surface area (Å²) in [7, 11) is -0.394. The largest absolute Gasteiger partial charge is 0.495 e. The number of hydrogen-bond acceptors (Lipinski definition) is 3. The number of rotatable bonds is 1. The lowest BCUT2D eigenvalue weighted by Crippen LogP contribution is -2.41. The first kappa shape index (κ1) is 14.6. The topological polar surface area (TPSA) is 42.2 Å². The summed E-state index contributed by atoms with van der Waals surface area (Å²) in [6, 6.07) is 5.92. The predicted molar refractivity (Wildman–Crippen MR) is 79.3 cm³/mol. The van der Waals surface area contributed by atoms with Crippen molar-refractivity contribution >= 4 is 28.5 Å². The molecule has 0 amide bonds. The molecule has 19 heavy (non-hydrogen) atoms. The summed E-state index contributed by atoms with van der Waals surface area (Å²) in [6.07, 6.45) is 0. The van der Waals surface area contributed by atoms with Gasteiger partial charge in [0.2, 0.25) is 0 Å². The standard InChI is InChI=1S/C14H17BBrNO2/c1-9-6-10(8-17)12(16)7-11(9)15-18-13(2,3)14(4,5)19-15/h6-7H,1-5H3. The molecule has 1 aliphatic rings. The molecule has 1 saturated heterocycles. The maximum Gasteiger partial charge on any atom is 0.495 e. The van der Waals surface area contributed by atoms with Gasteiger partial charge in [0.05, 0.1) is 16.8 Å². The van der Waals surface area contributed by atoms with E-state index in [9.17, 15) is 0 Å². The van der Waals surface area contributed by atoms with E-state index >= 15 is 0 Å². The fourth-order valence-electron chi connectivity index (χ4n) is 2.01. The van der Waals surface area contributed by atoms with E-state index in [1.54, 1.807) is 0 Å². The Morgan fingerprint density at radius 1 is 1.16 bits per heavy atom. The minimum absolute atomic E-state index is 0.357. The van der Waals surface area contributed by atoms with Crippen molar-refractivity contribution in [2.45, 2.75) is 45.8 Å². The molecule has 0 unspecified atom stereocenters. The van der Waals surface area contributed by atoms with Crippen molar-refractivity contribution in [1.82, 2.24) is 0 Å². The van der Waals surface area contributed by atoms with E-state index in [0.717, 1.165) is 15.5 Å². The molecular formula is C14H17BBrNO2. The summed E-state index contributed by atoms with van der Waals surface area (Å²) < 4.78 is 12.8. The van der Waals surface area contributed by atoms with E-state index in [1.807, 2.05) is 46.8 Å². The maximum atomic E-state index is 9.02. The lowest BCUT2D eigenvalue weighted by Gasteiger charge is -2.32. The van der Waals surface area contributed by atoms with E-state index in [2.05, 4.69) is 22.0 Å². The van der Waals surface area contributed by atoms with Crippen LogP contribution in [0.25, 0.3) is 0 Å². The van der Waals surface area contributed by atoms with Gasteiger partial charge in [-0.1, -0.05) is 0 Å². The van der Waals surface area contributed by atoms with E-state index in [-0.39, 0.29) is 11.2 Å². The van der Waals surface area contributed by atoms with Crippen LogP contribution in [0.3, 0.4) is 0 Å². The average molecular weight is 322 g/mol. The van der Waals surface area contributed by atoms with Gasteiger partial charge in [0.15, 0.2) is 0 Å². The summed E-state index contributed by atoms with van der Waals surface area (Å²) in [4.78, 5) is 0. The molecule has 2 rings (SSSR count). The molecule has 0 aromatic heterocycles. The van der Waals surface area contributed by atoms with Gasteiger partial charge in [-0.15, -0.1) is 0 Å². The Hall–Kier alpha value is -0.825. The number of hydrogen-bond donors (Lipinski definition) is 0. The van der Waals surface area contributed by atoms with Crippen molar-refractivity contribution < 1.29 is 9.31 Å². The van der Waals surface area contributed by atoms with Gasteiger partial charge < -0.3 is 9.31 Å². The van der Waals surface area contributed by atoms with Crippen LogP contribution in [0, 0.1) is 18.3 Å². The van der Waals surface area contributed by atoms with Gasteiger partial charge in [-0.3, -0.25) is 0 Å². The fraction of sp³-hybridized carbons (Fsp3) is 0.500. The van der Waals surface area contributed by atoms with Crippen LogP contribution < -0.4 is 5.46 Å². The minimum atomic E-state index is -0.394. The zero-order valence-electron chi connectivity index (χ0n) is 11.9. The van der Waals surface area contributed by atoms with Crippen LogP contribution >= 0.6 is 15.9 Å². The highest BCUT2D eigenvalue weighted by atomic mass is 79.9. The summed E-state index contributed by atoms with van der Waals surface area (Å²) in [6.45, 7) is 10.1. The van der Waals surface area contributed by atoms with E-state index in [4.69, 9.17) is 14.6 Å². The van der Waals surface area contributed by atoms with Crippen LogP contribution in [0.2, 0.25) is 0 Å². The Bertz CT molecular complexity index is 547. The number of nitrogens with zero attached hydrogens (tertiary/aromatic N) is 1. The molecule has 0 bridgehead atoms. The van der Waals surface area contributed by atoms with E-state index in [0.29, 0.717) is 5.56 Å².